The van der Waals surface area contributed by atoms with E-state index in [9.17, 15) is 9.59 Å². The molecule has 2 aromatic rings. The van der Waals surface area contributed by atoms with E-state index < -0.39 is 11.5 Å². The molecule has 0 aliphatic carbocycles. The van der Waals surface area contributed by atoms with Gasteiger partial charge in [0.05, 0.1) is 19.4 Å². The van der Waals surface area contributed by atoms with Crippen LogP contribution in [0.3, 0.4) is 0 Å². The van der Waals surface area contributed by atoms with Crippen LogP contribution in [-0.2, 0) is 11.3 Å². The number of hydrogen-bond donors (Lipinski definition) is 0. The van der Waals surface area contributed by atoms with Gasteiger partial charge in [-0.05, 0) is 43.7 Å². The number of ether oxygens (including phenoxy) is 2. The van der Waals surface area contributed by atoms with Crippen LogP contribution in [0.4, 0.5) is 0 Å². The van der Waals surface area contributed by atoms with Crippen molar-refractivity contribution in [2.75, 3.05) is 13.7 Å². The van der Waals surface area contributed by atoms with E-state index in [2.05, 4.69) is 5.10 Å². The Morgan fingerprint density at radius 3 is 2.48 bits per heavy atom. The molecule has 0 fully saturated rings. The standard InChI is InChI=1S/C17H20N2O4/c1-4-10-19-16(20)14(17(21)23-5-2)11-15(18-19)12-6-8-13(22-3)9-7-12/h6-9,11H,4-5,10H2,1-3H3. The number of aryl methyl sites for hydroxylation is 1. The van der Waals surface area contributed by atoms with E-state index in [-0.39, 0.29) is 12.2 Å². The zero-order valence-electron chi connectivity index (χ0n) is 13.5. The van der Waals surface area contributed by atoms with E-state index in [4.69, 9.17) is 9.47 Å². The summed E-state index contributed by atoms with van der Waals surface area (Å²) >= 11 is 0. The first-order valence-corrected chi connectivity index (χ1v) is 7.54. The second kappa shape index (κ2) is 7.58. The molecule has 0 saturated heterocycles. The molecule has 1 heterocycles. The van der Waals surface area contributed by atoms with Crippen LogP contribution in [0.1, 0.15) is 30.6 Å². The molecule has 122 valence electrons. The van der Waals surface area contributed by atoms with Gasteiger partial charge in [-0.1, -0.05) is 6.92 Å². The molecule has 1 aromatic heterocycles. The molecule has 6 nitrogen and oxygen atoms in total. The van der Waals surface area contributed by atoms with Gasteiger partial charge in [-0.25, -0.2) is 9.48 Å². The number of aromatic nitrogens is 2. The number of esters is 1. The Morgan fingerprint density at radius 2 is 1.91 bits per heavy atom. The molecule has 0 saturated carbocycles. The van der Waals surface area contributed by atoms with Crippen LogP contribution < -0.4 is 10.3 Å². The van der Waals surface area contributed by atoms with Crippen molar-refractivity contribution >= 4 is 5.97 Å². The topological polar surface area (TPSA) is 70.4 Å². The van der Waals surface area contributed by atoms with Crippen molar-refractivity contribution in [2.24, 2.45) is 0 Å². The normalized spacial score (nSPS) is 10.4. The van der Waals surface area contributed by atoms with Gasteiger partial charge in [-0.2, -0.15) is 5.10 Å². The maximum Gasteiger partial charge on any atom is 0.343 e. The van der Waals surface area contributed by atoms with Crippen LogP contribution in [0.5, 0.6) is 5.75 Å². The van der Waals surface area contributed by atoms with Crippen molar-refractivity contribution in [3.63, 3.8) is 0 Å². The molecule has 0 spiro atoms. The number of hydrogen-bond acceptors (Lipinski definition) is 5. The van der Waals surface area contributed by atoms with E-state index in [0.717, 1.165) is 17.7 Å². The second-order valence-electron chi connectivity index (χ2n) is 4.92. The lowest BCUT2D eigenvalue weighted by molar-refractivity contribution is 0.0523. The van der Waals surface area contributed by atoms with Crippen molar-refractivity contribution in [3.8, 4) is 17.0 Å². The molecule has 0 bridgehead atoms. The fourth-order valence-electron chi connectivity index (χ4n) is 2.16. The highest BCUT2D eigenvalue weighted by molar-refractivity contribution is 5.90. The summed E-state index contributed by atoms with van der Waals surface area (Å²) in [6.07, 6.45) is 0.737. The molecule has 6 heteroatoms. The molecule has 0 radical (unpaired) electrons. The number of methoxy groups -OCH3 is 1. The minimum absolute atomic E-state index is 0.00104. The molecule has 0 amide bonds. The van der Waals surface area contributed by atoms with Crippen molar-refractivity contribution in [1.82, 2.24) is 9.78 Å². The van der Waals surface area contributed by atoms with E-state index >= 15 is 0 Å². The summed E-state index contributed by atoms with van der Waals surface area (Å²) in [5.74, 6) is 0.0979. The Morgan fingerprint density at radius 1 is 1.22 bits per heavy atom. The molecule has 23 heavy (non-hydrogen) atoms. The van der Waals surface area contributed by atoms with Crippen LogP contribution in [-0.4, -0.2) is 29.5 Å². The minimum atomic E-state index is -0.625. The van der Waals surface area contributed by atoms with Gasteiger partial charge in [0.15, 0.2) is 0 Å². The first-order chi connectivity index (χ1) is 11.1. The average molecular weight is 316 g/mol. The van der Waals surface area contributed by atoms with Crippen molar-refractivity contribution < 1.29 is 14.3 Å². The number of benzene rings is 1. The van der Waals surface area contributed by atoms with Gasteiger partial charge in [-0.3, -0.25) is 4.79 Å². The molecule has 0 aliphatic heterocycles. The van der Waals surface area contributed by atoms with Crippen LogP contribution >= 0.6 is 0 Å². The maximum absolute atomic E-state index is 12.3. The third kappa shape index (κ3) is 3.77. The van der Waals surface area contributed by atoms with Crippen LogP contribution in [0.15, 0.2) is 35.1 Å². The Bertz CT molecular complexity index is 735. The van der Waals surface area contributed by atoms with Gasteiger partial charge < -0.3 is 9.47 Å². The largest absolute Gasteiger partial charge is 0.497 e. The van der Waals surface area contributed by atoms with Gasteiger partial charge in [0, 0.05) is 12.1 Å². The third-order valence-corrected chi connectivity index (χ3v) is 3.29. The summed E-state index contributed by atoms with van der Waals surface area (Å²) in [5.41, 5.74) is 0.911. The Kier molecular flexibility index (Phi) is 5.51. The highest BCUT2D eigenvalue weighted by Gasteiger charge is 2.17. The lowest BCUT2D eigenvalue weighted by atomic mass is 10.1. The van der Waals surface area contributed by atoms with E-state index in [1.54, 1.807) is 26.2 Å². The molecule has 0 N–H and O–H groups in total. The van der Waals surface area contributed by atoms with Crippen molar-refractivity contribution in [3.05, 3.63) is 46.2 Å². The highest BCUT2D eigenvalue weighted by atomic mass is 16.5. The van der Waals surface area contributed by atoms with E-state index in [0.29, 0.717) is 12.2 Å². The molecule has 0 atom stereocenters. The van der Waals surface area contributed by atoms with Crippen LogP contribution in [0.25, 0.3) is 11.3 Å². The van der Waals surface area contributed by atoms with E-state index in [1.165, 1.54) is 10.7 Å². The Labute approximate surface area is 134 Å². The Balaban J connectivity index is 2.53. The summed E-state index contributed by atoms with van der Waals surface area (Å²) < 4.78 is 11.4. The molecule has 2 rings (SSSR count). The highest BCUT2D eigenvalue weighted by Crippen LogP contribution is 2.20. The summed E-state index contributed by atoms with van der Waals surface area (Å²) in [5, 5.41) is 4.35. The van der Waals surface area contributed by atoms with Gasteiger partial charge >= 0.3 is 5.97 Å². The average Bonchev–Trinajstić information content (AvgIpc) is 2.57. The van der Waals surface area contributed by atoms with Crippen LogP contribution in [0.2, 0.25) is 0 Å². The van der Waals surface area contributed by atoms with Crippen molar-refractivity contribution in [2.45, 2.75) is 26.8 Å². The SMILES string of the molecule is CCCn1nc(-c2ccc(OC)cc2)cc(C(=O)OCC)c1=O. The smallest absolute Gasteiger partial charge is 0.343 e. The number of carbonyl (C=O) groups is 1. The van der Waals surface area contributed by atoms with Gasteiger partial charge in [0.25, 0.3) is 5.56 Å². The number of rotatable bonds is 6. The monoisotopic (exact) mass is 316 g/mol. The van der Waals surface area contributed by atoms with Gasteiger partial charge in [-0.15, -0.1) is 0 Å². The first-order valence-electron chi connectivity index (χ1n) is 7.54. The quantitative estimate of drug-likeness (QED) is 0.766. The van der Waals surface area contributed by atoms with Gasteiger partial charge in [0.1, 0.15) is 11.3 Å². The molecular weight excluding hydrogens is 296 g/mol. The molecule has 0 unspecified atom stereocenters. The van der Waals surface area contributed by atoms with Gasteiger partial charge in [0.2, 0.25) is 0 Å². The predicted octanol–water partition coefficient (Wildman–Crippen LogP) is 2.51. The maximum atomic E-state index is 12.3. The zero-order chi connectivity index (χ0) is 16.8. The number of carbonyl (C=O) groups excluding carboxylic acids is 1. The summed E-state index contributed by atoms with van der Waals surface area (Å²) in [4.78, 5) is 24.4. The summed E-state index contributed by atoms with van der Waals surface area (Å²) in [6, 6.07) is 8.74. The molecule has 1 aromatic carbocycles. The second-order valence-corrected chi connectivity index (χ2v) is 4.92. The fourth-order valence-corrected chi connectivity index (χ4v) is 2.16. The van der Waals surface area contributed by atoms with Crippen LogP contribution in [0, 0.1) is 0 Å². The lowest BCUT2D eigenvalue weighted by Gasteiger charge is -2.10. The fraction of sp³-hybridized carbons (Fsp3) is 0.353. The molecule has 0 aliphatic rings. The third-order valence-electron chi connectivity index (χ3n) is 3.29. The molecular formula is C17H20N2O4. The first kappa shape index (κ1) is 16.7. The summed E-state index contributed by atoms with van der Waals surface area (Å²) in [6.45, 7) is 4.30. The Hall–Kier alpha value is -2.63. The minimum Gasteiger partial charge on any atom is -0.497 e. The van der Waals surface area contributed by atoms with Crippen molar-refractivity contribution in [1.29, 1.82) is 0 Å². The summed E-state index contributed by atoms with van der Waals surface area (Å²) in [7, 11) is 1.59. The predicted molar refractivity (Wildman–Crippen MR) is 86.7 cm³/mol. The zero-order valence-corrected chi connectivity index (χ0v) is 13.5. The lowest BCUT2D eigenvalue weighted by Crippen LogP contribution is -2.29. The number of nitrogens with zero attached hydrogens (tertiary/aromatic N) is 2. The van der Waals surface area contributed by atoms with E-state index in [1.807, 2.05) is 19.1 Å².